The number of benzene rings is 1. The molecule has 2 atom stereocenters. The van der Waals surface area contributed by atoms with E-state index in [0.717, 1.165) is 42.6 Å². The van der Waals surface area contributed by atoms with Crippen molar-refractivity contribution in [2.45, 2.75) is 51.3 Å². The van der Waals surface area contributed by atoms with Crippen molar-refractivity contribution in [3.63, 3.8) is 0 Å². The maximum Gasteiger partial charge on any atom is 0.408 e. The van der Waals surface area contributed by atoms with Crippen molar-refractivity contribution in [3.8, 4) is 0 Å². The van der Waals surface area contributed by atoms with Crippen LogP contribution in [-0.4, -0.2) is 32.8 Å². The Morgan fingerprint density at radius 1 is 1.27 bits per heavy atom. The fourth-order valence-electron chi connectivity index (χ4n) is 3.28. The first-order chi connectivity index (χ1) is 12.6. The van der Waals surface area contributed by atoms with Crippen molar-refractivity contribution >= 4 is 12.1 Å². The van der Waals surface area contributed by atoms with Crippen LogP contribution in [0, 0.1) is 0 Å². The molecule has 1 aliphatic rings. The van der Waals surface area contributed by atoms with Gasteiger partial charge in [0.25, 0.3) is 0 Å². The van der Waals surface area contributed by atoms with Crippen LogP contribution in [0.3, 0.4) is 0 Å². The van der Waals surface area contributed by atoms with E-state index in [9.17, 15) is 14.7 Å². The molecule has 0 saturated carbocycles. The van der Waals surface area contributed by atoms with Gasteiger partial charge in [0.2, 0.25) is 0 Å². The van der Waals surface area contributed by atoms with Crippen molar-refractivity contribution < 1.29 is 19.4 Å². The minimum atomic E-state index is -1.10. The molecular weight excluding hydrogens is 334 g/mol. The first-order valence-corrected chi connectivity index (χ1v) is 8.81. The third kappa shape index (κ3) is 4.04. The molecule has 0 saturated heterocycles. The zero-order valence-electron chi connectivity index (χ0n) is 14.7. The molecule has 1 heterocycles. The Morgan fingerprint density at radius 2 is 2.00 bits per heavy atom. The smallest absolute Gasteiger partial charge is 0.408 e. The van der Waals surface area contributed by atoms with Gasteiger partial charge in [-0.05, 0) is 38.2 Å². The highest BCUT2D eigenvalue weighted by Gasteiger charge is 2.30. The van der Waals surface area contributed by atoms with E-state index >= 15 is 0 Å². The standard InChI is InChI=1S/C19H23N3O4/c1-13(22-12-20-15-9-5-6-10-16(15)22)17(18(23)24)21-19(25)26-11-14-7-3-2-4-8-14/h2-4,7-8,12-13,17H,5-6,9-11H2,1H3,(H,21,25)(H,23,24). The number of aliphatic carboxylic acids is 1. The van der Waals surface area contributed by atoms with Crippen molar-refractivity contribution in [1.29, 1.82) is 0 Å². The van der Waals surface area contributed by atoms with E-state index in [0.29, 0.717) is 0 Å². The number of ether oxygens (including phenoxy) is 1. The topological polar surface area (TPSA) is 93.5 Å². The maximum absolute atomic E-state index is 12.1. The molecule has 3 rings (SSSR count). The predicted octanol–water partition coefficient (Wildman–Crippen LogP) is 2.70. The fraction of sp³-hybridized carbons (Fsp3) is 0.421. The summed E-state index contributed by atoms with van der Waals surface area (Å²) in [7, 11) is 0. The van der Waals surface area contributed by atoms with Crippen LogP contribution in [0.5, 0.6) is 0 Å². The zero-order chi connectivity index (χ0) is 18.5. The molecule has 2 unspecified atom stereocenters. The van der Waals surface area contributed by atoms with E-state index in [1.807, 2.05) is 34.9 Å². The molecule has 0 fully saturated rings. The molecule has 26 heavy (non-hydrogen) atoms. The van der Waals surface area contributed by atoms with Crippen LogP contribution in [0.25, 0.3) is 0 Å². The Bertz CT molecular complexity index is 772. The third-order valence-corrected chi connectivity index (χ3v) is 4.73. The number of carbonyl (C=O) groups excluding carboxylic acids is 1. The highest BCUT2D eigenvalue weighted by Crippen LogP contribution is 2.24. The first-order valence-electron chi connectivity index (χ1n) is 8.81. The summed E-state index contributed by atoms with van der Waals surface area (Å²) in [4.78, 5) is 28.2. The van der Waals surface area contributed by atoms with Gasteiger partial charge in [0.1, 0.15) is 12.6 Å². The summed E-state index contributed by atoms with van der Waals surface area (Å²) in [5.74, 6) is -1.10. The number of fused-ring (bicyclic) bond motifs is 1. The van der Waals surface area contributed by atoms with Gasteiger partial charge < -0.3 is 19.7 Å². The molecule has 0 aliphatic heterocycles. The van der Waals surface area contributed by atoms with Crippen molar-refractivity contribution in [3.05, 3.63) is 53.6 Å². The lowest BCUT2D eigenvalue weighted by molar-refractivity contribution is -0.140. The van der Waals surface area contributed by atoms with Gasteiger partial charge in [0, 0.05) is 5.69 Å². The number of carboxylic acid groups (broad SMARTS) is 1. The minimum absolute atomic E-state index is 0.0911. The third-order valence-electron chi connectivity index (χ3n) is 4.73. The summed E-state index contributed by atoms with van der Waals surface area (Å²) in [5, 5.41) is 12.0. The predicted molar refractivity (Wildman–Crippen MR) is 94.8 cm³/mol. The number of imidazole rings is 1. The normalized spacial score (nSPS) is 15.6. The van der Waals surface area contributed by atoms with Crippen LogP contribution in [0.4, 0.5) is 4.79 Å². The summed E-state index contributed by atoms with van der Waals surface area (Å²) < 4.78 is 7.02. The molecule has 7 heteroatoms. The Balaban J connectivity index is 1.66. The zero-order valence-corrected chi connectivity index (χ0v) is 14.7. The number of aromatic nitrogens is 2. The molecule has 138 valence electrons. The average Bonchev–Trinajstić information content (AvgIpc) is 3.08. The second kappa shape index (κ2) is 8.03. The highest BCUT2D eigenvalue weighted by molar-refractivity contribution is 5.80. The van der Waals surface area contributed by atoms with Gasteiger partial charge in [-0.15, -0.1) is 0 Å². The summed E-state index contributed by atoms with van der Waals surface area (Å²) in [6, 6.07) is 7.67. The number of amides is 1. The SMILES string of the molecule is CC(C(NC(=O)OCc1ccccc1)C(=O)O)n1cnc2c1CCCC2. The van der Waals surface area contributed by atoms with Gasteiger partial charge in [-0.25, -0.2) is 14.6 Å². The molecule has 1 aliphatic carbocycles. The number of hydrogen-bond acceptors (Lipinski definition) is 4. The number of rotatable bonds is 6. The molecule has 2 N–H and O–H groups in total. The van der Waals surface area contributed by atoms with Gasteiger partial charge in [-0.3, -0.25) is 0 Å². The largest absolute Gasteiger partial charge is 0.480 e. The van der Waals surface area contributed by atoms with E-state index < -0.39 is 24.1 Å². The molecule has 0 bridgehead atoms. The average molecular weight is 357 g/mol. The summed E-state index contributed by atoms with van der Waals surface area (Å²) in [5.41, 5.74) is 2.93. The van der Waals surface area contributed by atoms with Crippen LogP contribution in [0.1, 0.15) is 42.8 Å². The van der Waals surface area contributed by atoms with Gasteiger partial charge in [-0.1, -0.05) is 30.3 Å². The number of nitrogens with zero attached hydrogens (tertiary/aromatic N) is 2. The van der Waals surface area contributed by atoms with E-state index in [1.54, 1.807) is 13.3 Å². The molecule has 7 nitrogen and oxygen atoms in total. The number of aryl methyl sites for hydroxylation is 1. The van der Waals surface area contributed by atoms with Crippen LogP contribution >= 0.6 is 0 Å². The molecule has 0 spiro atoms. The number of carbonyl (C=O) groups is 2. The second-order valence-electron chi connectivity index (χ2n) is 6.51. The lowest BCUT2D eigenvalue weighted by atomic mass is 10.00. The number of hydrogen-bond donors (Lipinski definition) is 2. The molecule has 1 aromatic carbocycles. The number of nitrogens with one attached hydrogen (secondary N) is 1. The molecule has 1 amide bonds. The second-order valence-corrected chi connectivity index (χ2v) is 6.51. The van der Waals surface area contributed by atoms with Crippen molar-refractivity contribution in [2.75, 3.05) is 0 Å². The van der Waals surface area contributed by atoms with Crippen molar-refractivity contribution in [2.24, 2.45) is 0 Å². The lowest BCUT2D eigenvalue weighted by Crippen LogP contribution is -2.46. The van der Waals surface area contributed by atoms with Gasteiger partial charge in [0.05, 0.1) is 18.1 Å². The fourth-order valence-corrected chi connectivity index (χ4v) is 3.28. The number of carboxylic acids is 1. The lowest BCUT2D eigenvalue weighted by Gasteiger charge is -2.25. The Kier molecular flexibility index (Phi) is 5.55. The molecule has 0 radical (unpaired) electrons. The van der Waals surface area contributed by atoms with E-state index in [-0.39, 0.29) is 6.61 Å². The highest BCUT2D eigenvalue weighted by atomic mass is 16.5. The summed E-state index contributed by atoms with van der Waals surface area (Å²) in [6.07, 6.45) is 4.89. The Hall–Kier alpha value is -2.83. The van der Waals surface area contributed by atoms with E-state index in [4.69, 9.17) is 4.74 Å². The summed E-state index contributed by atoms with van der Waals surface area (Å²) >= 11 is 0. The van der Waals surface area contributed by atoms with E-state index in [2.05, 4.69) is 10.3 Å². The Morgan fingerprint density at radius 3 is 2.73 bits per heavy atom. The summed E-state index contributed by atoms with van der Waals surface area (Å²) in [6.45, 7) is 1.86. The maximum atomic E-state index is 12.1. The monoisotopic (exact) mass is 357 g/mol. The number of alkyl carbamates (subject to hydrolysis) is 1. The van der Waals surface area contributed by atoms with Crippen LogP contribution in [0.15, 0.2) is 36.7 Å². The van der Waals surface area contributed by atoms with Crippen LogP contribution in [-0.2, 0) is 29.0 Å². The van der Waals surface area contributed by atoms with Gasteiger partial charge in [-0.2, -0.15) is 0 Å². The van der Waals surface area contributed by atoms with Gasteiger partial charge in [0.15, 0.2) is 0 Å². The van der Waals surface area contributed by atoms with Crippen LogP contribution < -0.4 is 5.32 Å². The van der Waals surface area contributed by atoms with Gasteiger partial charge >= 0.3 is 12.1 Å². The first kappa shape index (κ1) is 18.0. The minimum Gasteiger partial charge on any atom is -0.480 e. The Labute approximate surface area is 152 Å². The quantitative estimate of drug-likeness (QED) is 0.829. The molecule has 2 aromatic rings. The van der Waals surface area contributed by atoms with Crippen molar-refractivity contribution in [1.82, 2.24) is 14.9 Å². The van der Waals surface area contributed by atoms with E-state index in [1.165, 1.54) is 0 Å². The molecular formula is C19H23N3O4. The molecule has 1 aromatic heterocycles. The van der Waals surface area contributed by atoms with Crippen LogP contribution in [0.2, 0.25) is 0 Å².